The number of nitrogens with one attached hydrogen (secondary N) is 3. The first-order chi connectivity index (χ1) is 7.72. The molecule has 1 aromatic carbocycles. The van der Waals surface area contributed by atoms with E-state index in [-0.39, 0.29) is 0 Å². The molecule has 0 saturated heterocycles. The molecule has 5 nitrogen and oxygen atoms in total. The molecule has 0 aromatic heterocycles. The lowest BCUT2D eigenvalue weighted by molar-refractivity contribution is 0.389. The standard InChI is InChI=1S/C11H16N4O/c1-2-14-7-9(6-12)8-3-4-10(13)11(5-8)15-16/h3-7,12,14-16H,2,13H2,1H3/b9-7+,12-6?. The highest BCUT2D eigenvalue weighted by atomic mass is 16.5. The Morgan fingerprint density at radius 2 is 2.31 bits per heavy atom. The Morgan fingerprint density at radius 1 is 1.56 bits per heavy atom. The van der Waals surface area contributed by atoms with Crippen LogP contribution in [-0.2, 0) is 0 Å². The normalized spacial score (nSPS) is 11.0. The van der Waals surface area contributed by atoms with E-state index < -0.39 is 0 Å². The molecule has 0 unspecified atom stereocenters. The number of rotatable bonds is 5. The molecule has 0 heterocycles. The number of allylic oxidation sites excluding steroid dienone is 1. The summed E-state index contributed by atoms with van der Waals surface area (Å²) in [6.07, 6.45) is 3.00. The largest absolute Gasteiger partial charge is 0.397 e. The van der Waals surface area contributed by atoms with Gasteiger partial charge in [-0.05, 0) is 24.6 Å². The fourth-order valence-corrected chi connectivity index (χ4v) is 1.25. The second kappa shape index (κ2) is 5.77. The minimum absolute atomic E-state index is 0.432. The quantitative estimate of drug-likeness (QED) is 0.296. The number of benzene rings is 1. The zero-order chi connectivity index (χ0) is 12.0. The van der Waals surface area contributed by atoms with E-state index in [2.05, 4.69) is 5.32 Å². The number of nitrogen functional groups attached to an aromatic ring is 1. The predicted octanol–water partition coefficient (Wildman–Crippen LogP) is 1.67. The molecule has 0 saturated carbocycles. The van der Waals surface area contributed by atoms with Gasteiger partial charge in [0.25, 0.3) is 0 Å². The van der Waals surface area contributed by atoms with Crippen LogP contribution in [-0.4, -0.2) is 18.0 Å². The molecule has 5 heteroatoms. The average molecular weight is 220 g/mol. The summed E-state index contributed by atoms with van der Waals surface area (Å²) in [5.74, 6) is 0. The summed E-state index contributed by atoms with van der Waals surface area (Å²) in [5, 5.41) is 19.2. The molecule has 0 fully saturated rings. The molecule has 0 bridgehead atoms. The molecule has 86 valence electrons. The summed E-state index contributed by atoms with van der Waals surface area (Å²) in [6, 6.07) is 5.16. The first kappa shape index (κ1) is 12.1. The smallest absolute Gasteiger partial charge is 0.0837 e. The van der Waals surface area contributed by atoms with Crippen LogP contribution in [0.15, 0.2) is 24.4 Å². The summed E-state index contributed by atoms with van der Waals surface area (Å²) >= 11 is 0. The topological polar surface area (TPSA) is 94.2 Å². The Balaban J connectivity index is 3.06. The van der Waals surface area contributed by atoms with Crippen molar-refractivity contribution in [1.82, 2.24) is 5.32 Å². The Labute approximate surface area is 94.4 Å². The van der Waals surface area contributed by atoms with Gasteiger partial charge >= 0.3 is 0 Å². The van der Waals surface area contributed by atoms with Crippen LogP contribution in [0.5, 0.6) is 0 Å². The fourth-order valence-electron chi connectivity index (χ4n) is 1.25. The summed E-state index contributed by atoms with van der Waals surface area (Å²) in [6.45, 7) is 2.76. The van der Waals surface area contributed by atoms with E-state index in [1.165, 1.54) is 6.21 Å². The van der Waals surface area contributed by atoms with E-state index in [9.17, 15) is 0 Å². The van der Waals surface area contributed by atoms with Crippen molar-refractivity contribution in [2.75, 3.05) is 17.8 Å². The van der Waals surface area contributed by atoms with E-state index in [1.807, 2.05) is 12.4 Å². The van der Waals surface area contributed by atoms with Crippen LogP contribution < -0.4 is 16.5 Å². The summed E-state index contributed by atoms with van der Waals surface area (Å²) in [4.78, 5) is 0. The number of nitrogens with two attached hydrogens (primary N) is 1. The third kappa shape index (κ3) is 2.74. The van der Waals surface area contributed by atoms with Crippen LogP contribution >= 0.6 is 0 Å². The summed E-state index contributed by atoms with van der Waals surface area (Å²) in [7, 11) is 0. The van der Waals surface area contributed by atoms with Gasteiger partial charge < -0.3 is 16.5 Å². The molecule has 0 radical (unpaired) electrons. The summed E-state index contributed by atoms with van der Waals surface area (Å²) in [5.41, 5.74) is 10.1. The van der Waals surface area contributed by atoms with Gasteiger partial charge in [0.2, 0.25) is 0 Å². The van der Waals surface area contributed by atoms with E-state index in [4.69, 9.17) is 16.4 Å². The maximum atomic E-state index is 8.85. The van der Waals surface area contributed by atoms with Crippen molar-refractivity contribution in [3.05, 3.63) is 30.0 Å². The van der Waals surface area contributed by atoms with Gasteiger partial charge in [-0.2, -0.15) is 0 Å². The van der Waals surface area contributed by atoms with Gasteiger partial charge in [-0.3, -0.25) is 10.7 Å². The molecule has 6 N–H and O–H groups in total. The lowest BCUT2D eigenvalue weighted by Gasteiger charge is -2.08. The van der Waals surface area contributed by atoms with Crippen molar-refractivity contribution >= 4 is 23.2 Å². The molecule has 0 spiro atoms. The Morgan fingerprint density at radius 3 is 2.88 bits per heavy atom. The van der Waals surface area contributed by atoms with Crippen molar-refractivity contribution in [2.24, 2.45) is 0 Å². The van der Waals surface area contributed by atoms with Gasteiger partial charge in [-0.15, -0.1) is 0 Å². The zero-order valence-electron chi connectivity index (χ0n) is 9.12. The fraction of sp³-hybridized carbons (Fsp3) is 0.182. The van der Waals surface area contributed by atoms with Crippen molar-refractivity contribution in [3.8, 4) is 0 Å². The van der Waals surface area contributed by atoms with Gasteiger partial charge in [0.05, 0.1) is 11.4 Å². The van der Waals surface area contributed by atoms with Gasteiger partial charge in [-0.25, -0.2) is 0 Å². The zero-order valence-corrected chi connectivity index (χ0v) is 9.12. The second-order valence-electron chi connectivity index (χ2n) is 3.22. The van der Waals surface area contributed by atoms with Gasteiger partial charge in [-0.1, -0.05) is 6.07 Å². The van der Waals surface area contributed by atoms with Crippen molar-refractivity contribution in [1.29, 1.82) is 5.41 Å². The minimum Gasteiger partial charge on any atom is -0.397 e. The molecule has 1 aromatic rings. The minimum atomic E-state index is 0.432. The Hall–Kier alpha value is -2.01. The SMILES string of the molecule is CCN/C=C(\C=N)c1ccc(N)c(NO)c1. The maximum absolute atomic E-state index is 8.85. The number of hydrogen-bond donors (Lipinski definition) is 5. The van der Waals surface area contributed by atoms with Crippen LogP contribution in [0.25, 0.3) is 5.57 Å². The third-order valence-electron chi connectivity index (χ3n) is 2.12. The molecular formula is C11H16N4O. The summed E-state index contributed by atoms with van der Waals surface area (Å²) < 4.78 is 0. The third-order valence-corrected chi connectivity index (χ3v) is 2.12. The first-order valence-corrected chi connectivity index (χ1v) is 4.97. The van der Waals surface area contributed by atoms with Crippen LogP contribution in [0, 0.1) is 5.41 Å². The molecule has 0 atom stereocenters. The van der Waals surface area contributed by atoms with Gasteiger partial charge in [0.15, 0.2) is 0 Å². The maximum Gasteiger partial charge on any atom is 0.0837 e. The number of hydrogen-bond acceptors (Lipinski definition) is 5. The van der Waals surface area contributed by atoms with Crippen LogP contribution in [0.3, 0.4) is 0 Å². The van der Waals surface area contributed by atoms with E-state index in [1.54, 1.807) is 24.4 Å². The molecule has 0 aliphatic rings. The predicted molar refractivity (Wildman–Crippen MR) is 66.7 cm³/mol. The highest BCUT2D eigenvalue weighted by Gasteiger charge is 2.03. The molecule has 0 amide bonds. The highest BCUT2D eigenvalue weighted by Crippen LogP contribution is 2.22. The van der Waals surface area contributed by atoms with Crippen LogP contribution in [0.1, 0.15) is 12.5 Å². The second-order valence-corrected chi connectivity index (χ2v) is 3.22. The number of anilines is 2. The molecule has 16 heavy (non-hydrogen) atoms. The Kier molecular flexibility index (Phi) is 4.35. The molecule has 1 rings (SSSR count). The average Bonchev–Trinajstić information content (AvgIpc) is 2.32. The lowest BCUT2D eigenvalue weighted by atomic mass is 10.1. The van der Waals surface area contributed by atoms with Crippen LogP contribution in [0.4, 0.5) is 11.4 Å². The Bertz CT molecular complexity index is 401. The van der Waals surface area contributed by atoms with Crippen LogP contribution in [0.2, 0.25) is 0 Å². The molecule has 0 aliphatic heterocycles. The van der Waals surface area contributed by atoms with Crippen molar-refractivity contribution in [2.45, 2.75) is 6.92 Å². The molecule has 0 aliphatic carbocycles. The van der Waals surface area contributed by atoms with E-state index in [0.717, 1.165) is 17.7 Å². The van der Waals surface area contributed by atoms with Crippen molar-refractivity contribution in [3.63, 3.8) is 0 Å². The van der Waals surface area contributed by atoms with Gasteiger partial charge in [0.1, 0.15) is 0 Å². The van der Waals surface area contributed by atoms with E-state index in [0.29, 0.717) is 11.4 Å². The highest BCUT2D eigenvalue weighted by molar-refractivity contribution is 6.08. The monoisotopic (exact) mass is 220 g/mol. The first-order valence-electron chi connectivity index (χ1n) is 4.97. The van der Waals surface area contributed by atoms with Gasteiger partial charge in [0, 0.05) is 24.5 Å². The molecular weight excluding hydrogens is 204 g/mol. The lowest BCUT2D eigenvalue weighted by Crippen LogP contribution is -2.05. The van der Waals surface area contributed by atoms with Crippen molar-refractivity contribution < 1.29 is 5.21 Å². The van der Waals surface area contributed by atoms with E-state index >= 15 is 0 Å².